The molecule has 0 atom stereocenters. The van der Waals surface area contributed by atoms with Gasteiger partial charge in [0.1, 0.15) is 0 Å². The molecule has 0 amide bonds. The maximum atomic E-state index is 11.4. The Labute approximate surface area is 112 Å². The Balaban J connectivity index is 2.20. The minimum atomic E-state index is -2.84. The predicted molar refractivity (Wildman–Crippen MR) is 75.0 cm³/mol. The first-order chi connectivity index (χ1) is 8.43. The van der Waals surface area contributed by atoms with Gasteiger partial charge < -0.3 is 10.6 Å². The highest BCUT2D eigenvalue weighted by Crippen LogP contribution is 2.31. The van der Waals surface area contributed by atoms with Crippen molar-refractivity contribution >= 4 is 26.3 Å². The highest BCUT2D eigenvalue weighted by molar-refractivity contribution is 7.91. The molecule has 1 aliphatic heterocycles. The van der Waals surface area contributed by atoms with Gasteiger partial charge in [-0.1, -0.05) is 13.8 Å². The number of rotatable bonds is 3. The lowest BCUT2D eigenvalue weighted by atomic mass is 10.1. The van der Waals surface area contributed by atoms with Crippen LogP contribution in [0, 0.1) is 0 Å². The Kier molecular flexibility index (Phi) is 3.93. The Morgan fingerprint density at radius 2 is 2.00 bits per heavy atom. The van der Waals surface area contributed by atoms with Crippen molar-refractivity contribution in [2.75, 3.05) is 29.5 Å². The number of sulfone groups is 1. The second-order valence-corrected chi connectivity index (χ2v) is 8.17. The van der Waals surface area contributed by atoms with Crippen LogP contribution in [0.4, 0.5) is 5.13 Å². The van der Waals surface area contributed by atoms with Gasteiger partial charge in [-0.3, -0.25) is 0 Å². The Hall–Kier alpha value is -0.660. The lowest BCUT2D eigenvalue weighted by molar-refractivity contribution is 0.586. The number of thiazole rings is 1. The van der Waals surface area contributed by atoms with Gasteiger partial charge in [-0.25, -0.2) is 13.4 Å². The summed E-state index contributed by atoms with van der Waals surface area (Å²) in [4.78, 5) is 7.78. The molecule has 1 aromatic rings. The van der Waals surface area contributed by atoms with E-state index in [1.807, 2.05) is 0 Å². The largest absolute Gasteiger partial charge is 0.346 e. The molecule has 0 saturated carbocycles. The van der Waals surface area contributed by atoms with E-state index in [1.165, 1.54) is 0 Å². The number of aromatic nitrogens is 1. The van der Waals surface area contributed by atoms with Gasteiger partial charge in [0, 0.05) is 24.5 Å². The van der Waals surface area contributed by atoms with Crippen LogP contribution in [0.2, 0.25) is 0 Å². The van der Waals surface area contributed by atoms with Crippen molar-refractivity contribution in [3.8, 4) is 0 Å². The molecule has 0 aliphatic carbocycles. The third-order valence-electron chi connectivity index (χ3n) is 3.06. The molecule has 1 fully saturated rings. The van der Waals surface area contributed by atoms with Crippen molar-refractivity contribution in [1.82, 2.24) is 4.98 Å². The van der Waals surface area contributed by atoms with Gasteiger partial charge in [0.05, 0.1) is 17.2 Å². The van der Waals surface area contributed by atoms with Crippen LogP contribution in [0.3, 0.4) is 0 Å². The number of nitrogens with two attached hydrogens (primary N) is 1. The lowest BCUT2D eigenvalue weighted by Gasteiger charge is -2.26. The van der Waals surface area contributed by atoms with E-state index >= 15 is 0 Å². The quantitative estimate of drug-likeness (QED) is 0.897. The zero-order valence-electron chi connectivity index (χ0n) is 10.7. The number of nitrogens with zero attached hydrogens (tertiary/aromatic N) is 2. The van der Waals surface area contributed by atoms with Crippen molar-refractivity contribution in [1.29, 1.82) is 0 Å². The van der Waals surface area contributed by atoms with Crippen molar-refractivity contribution in [2.24, 2.45) is 5.73 Å². The summed E-state index contributed by atoms with van der Waals surface area (Å²) in [7, 11) is -2.84. The van der Waals surface area contributed by atoms with E-state index in [0.29, 0.717) is 25.6 Å². The molecule has 102 valence electrons. The number of hydrogen-bond donors (Lipinski definition) is 1. The summed E-state index contributed by atoms with van der Waals surface area (Å²) in [6, 6.07) is 0. The van der Waals surface area contributed by atoms with E-state index in [0.717, 1.165) is 15.7 Å². The first-order valence-electron chi connectivity index (χ1n) is 6.08. The van der Waals surface area contributed by atoms with Crippen LogP contribution in [-0.4, -0.2) is 38.0 Å². The molecule has 5 nitrogen and oxygen atoms in total. The van der Waals surface area contributed by atoms with Crippen LogP contribution in [0.15, 0.2) is 0 Å². The lowest BCUT2D eigenvalue weighted by Crippen LogP contribution is -2.40. The van der Waals surface area contributed by atoms with Gasteiger partial charge in [-0.15, -0.1) is 11.3 Å². The smallest absolute Gasteiger partial charge is 0.185 e. The molecule has 0 spiro atoms. The molecule has 2 heterocycles. The first kappa shape index (κ1) is 13.8. The van der Waals surface area contributed by atoms with Crippen molar-refractivity contribution in [3.63, 3.8) is 0 Å². The van der Waals surface area contributed by atoms with Gasteiger partial charge in [0.25, 0.3) is 0 Å². The number of hydrogen-bond acceptors (Lipinski definition) is 6. The van der Waals surface area contributed by atoms with E-state index in [-0.39, 0.29) is 11.5 Å². The zero-order valence-corrected chi connectivity index (χ0v) is 12.4. The topological polar surface area (TPSA) is 76.3 Å². The van der Waals surface area contributed by atoms with Gasteiger partial charge in [-0.05, 0) is 5.92 Å². The Morgan fingerprint density at radius 3 is 2.44 bits per heavy atom. The highest BCUT2D eigenvalue weighted by Gasteiger charge is 2.25. The average molecular weight is 289 g/mol. The molecule has 2 N–H and O–H groups in total. The van der Waals surface area contributed by atoms with Gasteiger partial charge >= 0.3 is 0 Å². The van der Waals surface area contributed by atoms with Gasteiger partial charge in [-0.2, -0.15) is 0 Å². The van der Waals surface area contributed by atoms with Crippen LogP contribution in [0.25, 0.3) is 0 Å². The van der Waals surface area contributed by atoms with Crippen molar-refractivity contribution in [2.45, 2.75) is 26.3 Å². The molecule has 7 heteroatoms. The third-order valence-corrected chi connectivity index (χ3v) is 5.83. The van der Waals surface area contributed by atoms with Crippen LogP contribution in [-0.2, 0) is 16.4 Å². The second-order valence-electron chi connectivity index (χ2n) is 4.80. The standard InChI is InChI=1S/C11H19N3O2S2/c1-8(2)10-9(7-12)17-11(13-10)14-3-5-18(15,16)6-4-14/h8H,3-7,12H2,1-2H3. The molecule has 1 aliphatic rings. The first-order valence-corrected chi connectivity index (χ1v) is 8.72. The van der Waals surface area contributed by atoms with Crippen LogP contribution < -0.4 is 10.6 Å². The summed E-state index contributed by atoms with van der Waals surface area (Å²) in [5.41, 5.74) is 6.78. The fourth-order valence-electron chi connectivity index (χ4n) is 1.99. The van der Waals surface area contributed by atoms with Crippen molar-refractivity contribution in [3.05, 3.63) is 10.6 Å². The monoisotopic (exact) mass is 289 g/mol. The molecule has 1 aromatic heterocycles. The van der Waals surface area contributed by atoms with E-state index < -0.39 is 9.84 Å². The van der Waals surface area contributed by atoms with Crippen molar-refractivity contribution < 1.29 is 8.42 Å². The summed E-state index contributed by atoms with van der Waals surface area (Å²) in [5, 5.41) is 0.911. The highest BCUT2D eigenvalue weighted by atomic mass is 32.2. The molecular weight excluding hydrogens is 270 g/mol. The number of anilines is 1. The third kappa shape index (κ3) is 2.84. The maximum Gasteiger partial charge on any atom is 0.185 e. The molecule has 0 unspecified atom stereocenters. The van der Waals surface area contributed by atoms with E-state index in [2.05, 4.69) is 23.7 Å². The van der Waals surface area contributed by atoms with E-state index in [9.17, 15) is 8.42 Å². The molecular formula is C11H19N3O2S2. The molecule has 0 aromatic carbocycles. The van der Waals surface area contributed by atoms with Crippen LogP contribution >= 0.6 is 11.3 Å². The van der Waals surface area contributed by atoms with Crippen LogP contribution in [0.1, 0.15) is 30.3 Å². The summed E-state index contributed by atoms with van der Waals surface area (Å²) in [6.45, 7) is 5.77. The maximum absolute atomic E-state index is 11.4. The van der Waals surface area contributed by atoms with Gasteiger partial charge in [0.15, 0.2) is 15.0 Å². The molecule has 0 radical (unpaired) electrons. The summed E-state index contributed by atoms with van der Waals surface area (Å²) < 4.78 is 22.8. The zero-order chi connectivity index (χ0) is 13.3. The predicted octanol–water partition coefficient (Wildman–Crippen LogP) is 0.960. The fraction of sp³-hybridized carbons (Fsp3) is 0.727. The molecule has 0 bridgehead atoms. The van der Waals surface area contributed by atoms with Crippen LogP contribution in [0.5, 0.6) is 0 Å². The average Bonchev–Trinajstić information content (AvgIpc) is 2.73. The summed E-state index contributed by atoms with van der Waals surface area (Å²) in [5.74, 6) is 0.797. The Morgan fingerprint density at radius 1 is 1.39 bits per heavy atom. The molecule has 1 saturated heterocycles. The minimum absolute atomic E-state index is 0.224. The van der Waals surface area contributed by atoms with Gasteiger partial charge in [0.2, 0.25) is 0 Å². The minimum Gasteiger partial charge on any atom is -0.346 e. The SMILES string of the molecule is CC(C)c1nc(N2CCS(=O)(=O)CC2)sc1CN. The molecule has 18 heavy (non-hydrogen) atoms. The summed E-state index contributed by atoms with van der Waals surface area (Å²) in [6.07, 6.45) is 0. The van der Waals surface area contributed by atoms with E-state index in [1.54, 1.807) is 11.3 Å². The summed E-state index contributed by atoms with van der Waals surface area (Å²) >= 11 is 1.59. The normalized spacial score (nSPS) is 19.4. The molecule has 2 rings (SSSR count). The fourth-order valence-corrected chi connectivity index (χ4v) is 4.33. The van der Waals surface area contributed by atoms with E-state index in [4.69, 9.17) is 5.73 Å². The second kappa shape index (κ2) is 5.14. The Bertz CT molecular complexity index is 508.